The number of amides is 1. The van der Waals surface area contributed by atoms with Gasteiger partial charge >= 0.3 is 6.09 Å². The van der Waals surface area contributed by atoms with E-state index in [0.717, 1.165) is 6.42 Å². The number of ketones is 1. The predicted octanol–water partition coefficient (Wildman–Crippen LogP) is 4.00. The number of rotatable bonds is 6. The van der Waals surface area contributed by atoms with Crippen molar-refractivity contribution in [3.05, 3.63) is 12.7 Å². The molecule has 0 aromatic carbocycles. The van der Waals surface area contributed by atoms with E-state index in [1.807, 2.05) is 20.8 Å². The summed E-state index contributed by atoms with van der Waals surface area (Å²) in [5.74, 6) is 0.558. The normalized spacial score (nSPS) is 17.9. The molecule has 1 amide bonds. The van der Waals surface area contributed by atoms with E-state index >= 15 is 0 Å². The number of alkyl carbamates (subject to hydrolysis) is 1. The molecule has 0 unspecified atom stereocenters. The van der Waals surface area contributed by atoms with Crippen LogP contribution in [-0.2, 0) is 9.53 Å². The lowest BCUT2D eigenvalue weighted by atomic mass is 9.84. The third kappa shape index (κ3) is 7.88. The van der Waals surface area contributed by atoms with E-state index in [4.69, 9.17) is 4.74 Å². The van der Waals surface area contributed by atoms with Crippen molar-refractivity contribution in [3.63, 3.8) is 0 Å². The van der Waals surface area contributed by atoms with Crippen LogP contribution in [0.3, 0.4) is 0 Å². The maximum Gasteiger partial charge on any atom is 0.407 e. The van der Waals surface area contributed by atoms with Crippen LogP contribution in [0.4, 0.5) is 4.79 Å². The molecule has 0 aliphatic heterocycles. The fraction of sp³-hybridized carbons (Fsp3) is 0.765. The molecule has 0 aromatic heterocycles. The average molecular weight is 295 g/mol. The van der Waals surface area contributed by atoms with Crippen molar-refractivity contribution < 1.29 is 14.3 Å². The molecule has 0 radical (unpaired) electrons. The zero-order chi connectivity index (χ0) is 15.9. The molecule has 4 heteroatoms. The molecule has 120 valence electrons. The first-order chi connectivity index (χ1) is 9.80. The van der Waals surface area contributed by atoms with Crippen LogP contribution in [0.5, 0.6) is 0 Å². The van der Waals surface area contributed by atoms with Crippen molar-refractivity contribution in [3.8, 4) is 0 Å². The van der Waals surface area contributed by atoms with Crippen molar-refractivity contribution in [2.75, 3.05) is 0 Å². The molecular formula is C17H29NO3. The summed E-state index contributed by atoms with van der Waals surface area (Å²) in [5, 5.41) is 2.86. The Labute approximate surface area is 128 Å². The van der Waals surface area contributed by atoms with Crippen molar-refractivity contribution >= 4 is 11.9 Å². The summed E-state index contributed by atoms with van der Waals surface area (Å²) in [5.41, 5.74) is -0.526. The topological polar surface area (TPSA) is 55.4 Å². The molecule has 0 aromatic rings. The van der Waals surface area contributed by atoms with Crippen molar-refractivity contribution in [2.24, 2.45) is 5.92 Å². The van der Waals surface area contributed by atoms with E-state index in [-0.39, 0.29) is 11.8 Å². The highest BCUT2D eigenvalue weighted by Gasteiger charge is 2.24. The highest BCUT2D eigenvalue weighted by molar-refractivity contribution is 5.89. The molecule has 1 aliphatic carbocycles. The Morgan fingerprint density at radius 3 is 2.43 bits per heavy atom. The first-order valence-corrected chi connectivity index (χ1v) is 7.95. The monoisotopic (exact) mass is 295 g/mol. The molecule has 0 bridgehead atoms. The minimum absolute atomic E-state index is 0.0353. The van der Waals surface area contributed by atoms with E-state index in [2.05, 4.69) is 11.9 Å². The van der Waals surface area contributed by atoms with Crippen LogP contribution in [0.15, 0.2) is 12.7 Å². The van der Waals surface area contributed by atoms with Gasteiger partial charge in [0.1, 0.15) is 5.60 Å². The van der Waals surface area contributed by atoms with Crippen molar-refractivity contribution in [2.45, 2.75) is 77.4 Å². The Hall–Kier alpha value is -1.32. The second-order valence-corrected chi connectivity index (χ2v) is 6.96. The summed E-state index contributed by atoms with van der Waals surface area (Å²) in [6.07, 6.45) is 8.21. The summed E-state index contributed by atoms with van der Waals surface area (Å²) in [6, 6.07) is -0.159. The van der Waals surface area contributed by atoms with Gasteiger partial charge in [0.25, 0.3) is 0 Å². The van der Waals surface area contributed by atoms with Gasteiger partial charge < -0.3 is 10.1 Å². The average Bonchev–Trinajstić information content (AvgIpc) is 2.37. The largest absolute Gasteiger partial charge is 0.444 e. The number of nitrogens with one attached hydrogen (secondary N) is 1. The predicted molar refractivity (Wildman–Crippen MR) is 84.2 cm³/mol. The van der Waals surface area contributed by atoms with Crippen LogP contribution < -0.4 is 5.32 Å². The lowest BCUT2D eigenvalue weighted by Crippen LogP contribution is -2.41. The second kappa shape index (κ2) is 8.20. The van der Waals surface area contributed by atoms with E-state index in [1.54, 1.807) is 0 Å². The smallest absolute Gasteiger partial charge is 0.407 e. The SMILES string of the molecule is C=CC(=O)C[C@H](CC1CCCCC1)NC(=O)OC(C)(C)C. The molecule has 1 atom stereocenters. The number of allylic oxidation sites excluding steroid dienone is 1. The van der Waals surface area contributed by atoms with E-state index in [9.17, 15) is 9.59 Å². The van der Waals surface area contributed by atoms with Gasteiger partial charge in [0.2, 0.25) is 0 Å². The summed E-state index contributed by atoms with van der Waals surface area (Å²) in [4.78, 5) is 23.5. The molecule has 21 heavy (non-hydrogen) atoms. The van der Waals surface area contributed by atoms with Gasteiger partial charge in [-0.3, -0.25) is 4.79 Å². The maximum atomic E-state index is 11.9. The van der Waals surface area contributed by atoms with E-state index < -0.39 is 11.7 Å². The molecule has 1 saturated carbocycles. The summed E-state index contributed by atoms with van der Waals surface area (Å²) >= 11 is 0. The molecule has 1 fully saturated rings. The van der Waals surface area contributed by atoms with Gasteiger partial charge in [-0.25, -0.2) is 4.79 Å². The van der Waals surface area contributed by atoms with Gasteiger partial charge in [0, 0.05) is 12.5 Å². The van der Waals surface area contributed by atoms with E-state index in [0.29, 0.717) is 12.3 Å². The molecule has 1 aliphatic rings. The minimum Gasteiger partial charge on any atom is -0.444 e. The lowest BCUT2D eigenvalue weighted by Gasteiger charge is -2.28. The number of ether oxygens (including phenoxy) is 1. The van der Waals surface area contributed by atoms with Gasteiger partial charge in [0.15, 0.2) is 5.78 Å². The first kappa shape index (κ1) is 17.7. The van der Waals surface area contributed by atoms with Crippen LogP contribution in [-0.4, -0.2) is 23.5 Å². The molecular weight excluding hydrogens is 266 g/mol. The number of hydrogen-bond donors (Lipinski definition) is 1. The highest BCUT2D eigenvalue weighted by Crippen LogP contribution is 2.28. The number of carbonyl (C=O) groups excluding carboxylic acids is 2. The van der Waals surface area contributed by atoms with E-state index in [1.165, 1.54) is 38.2 Å². The second-order valence-electron chi connectivity index (χ2n) is 6.96. The van der Waals surface area contributed by atoms with Crippen molar-refractivity contribution in [1.82, 2.24) is 5.32 Å². The van der Waals surface area contributed by atoms with Gasteiger partial charge in [-0.15, -0.1) is 0 Å². The molecule has 4 nitrogen and oxygen atoms in total. The van der Waals surface area contributed by atoms with Gasteiger partial charge in [-0.2, -0.15) is 0 Å². The van der Waals surface area contributed by atoms with Crippen LogP contribution >= 0.6 is 0 Å². The Balaban J connectivity index is 2.56. The molecule has 1 rings (SSSR count). The van der Waals surface area contributed by atoms with Crippen LogP contribution in [0.1, 0.15) is 65.7 Å². The third-order valence-electron chi connectivity index (χ3n) is 3.74. The Morgan fingerprint density at radius 1 is 1.29 bits per heavy atom. The number of carbonyl (C=O) groups is 2. The molecule has 0 heterocycles. The molecule has 0 spiro atoms. The summed E-state index contributed by atoms with van der Waals surface area (Å²) < 4.78 is 5.29. The third-order valence-corrected chi connectivity index (χ3v) is 3.74. The van der Waals surface area contributed by atoms with Gasteiger partial charge in [-0.1, -0.05) is 38.7 Å². The number of hydrogen-bond acceptors (Lipinski definition) is 3. The quantitative estimate of drug-likeness (QED) is 0.754. The molecule has 0 saturated heterocycles. The fourth-order valence-electron chi connectivity index (χ4n) is 2.82. The van der Waals surface area contributed by atoms with Gasteiger partial charge in [-0.05, 0) is 39.2 Å². The van der Waals surface area contributed by atoms with Crippen LogP contribution in [0.2, 0.25) is 0 Å². The lowest BCUT2D eigenvalue weighted by molar-refractivity contribution is -0.115. The summed E-state index contributed by atoms with van der Waals surface area (Å²) in [6.45, 7) is 9.00. The van der Waals surface area contributed by atoms with Crippen LogP contribution in [0, 0.1) is 5.92 Å². The Bertz CT molecular complexity index is 365. The zero-order valence-electron chi connectivity index (χ0n) is 13.6. The maximum absolute atomic E-state index is 11.9. The highest BCUT2D eigenvalue weighted by atomic mass is 16.6. The van der Waals surface area contributed by atoms with Gasteiger partial charge in [0.05, 0.1) is 0 Å². The van der Waals surface area contributed by atoms with Crippen molar-refractivity contribution in [1.29, 1.82) is 0 Å². The fourth-order valence-corrected chi connectivity index (χ4v) is 2.82. The Kier molecular flexibility index (Phi) is 6.93. The summed E-state index contributed by atoms with van der Waals surface area (Å²) in [7, 11) is 0. The zero-order valence-corrected chi connectivity index (χ0v) is 13.6. The molecule has 1 N–H and O–H groups in total. The van der Waals surface area contributed by atoms with Crippen LogP contribution in [0.25, 0.3) is 0 Å². The first-order valence-electron chi connectivity index (χ1n) is 7.95. The standard InChI is InChI=1S/C17H29NO3/c1-5-15(19)12-14(11-13-9-7-6-8-10-13)18-16(20)21-17(2,3)4/h5,13-14H,1,6-12H2,2-4H3,(H,18,20)/t14-/m0/s1. The minimum atomic E-state index is -0.526. The Morgan fingerprint density at radius 2 is 1.90 bits per heavy atom.